The maximum Gasteiger partial charge on any atom is 0.270 e. The normalized spacial score (nSPS) is 24.2. The number of hydrogen-bond acceptors (Lipinski definition) is 5. The minimum Gasteiger partial charge on any atom is -0.507 e. The molecule has 1 saturated carbocycles. The zero-order valence-corrected chi connectivity index (χ0v) is 17.9. The monoisotopic (exact) mass is 417 g/mol. The molecule has 0 bridgehead atoms. The van der Waals surface area contributed by atoms with E-state index in [1.807, 2.05) is 0 Å². The van der Waals surface area contributed by atoms with E-state index < -0.39 is 12.3 Å². The Bertz CT molecular complexity index is 915. The van der Waals surface area contributed by atoms with Gasteiger partial charge in [0.15, 0.2) is 0 Å². The molecule has 0 unspecified atom stereocenters. The molecule has 7 heteroatoms. The van der Waals surface area contributed by atoms with Crippen molar-refractivity contribution in [3.05, 3.63) is 58.6 Å². The third-order valence-corrected chi connectivity index (χ3v) is 8.37. The molecule has 4 atom stereocenters. The predicted molar refractivity (Wildman–Crippen MR) is 114 cm³/mol. The van der Waals surface area contributed by atoms with E-state index in [0.717, 1.165) is 19.3 Å². The lowest BCUT2D eigenvalue weighted by Gasteiger charge is -2.39. The van der Waals surface area contributed by atoms with Gasteiger partial charge >= 0.3 is 0 Å². The highest BCUT2D eigenvalue weighted by Gasteiger charge is 2.40. The van der Waals surface area contributed by atoms with Crippen molar-refractivity contribution in [1.29, 1.82) is 0 Å². The van der Waals surface area contributed by atoms with Crippen LogP contribution in [0.5, 0.6) is 5.75 Å². The number of phenolic OH excluding ortho intramolecular Hbond substituents is 1. The second-order valence-electron chi connectivity index (χ2n) is 8.29. The van der Waals surface area contributed by atoms with Crippen LogP contribution < -0.4 is 10.6 Å². The van der Waals surface area contributed by atoms with Crippen molar-refractivity contribution in [2.24, 2.45) is 17.8 Å². The largest absolute Gasteiger partial charge is 0.507 e. The van der Waals surface area contributed by atoms with Gasteiger partial charge in [-0.2, -0.15) is 0 Å². The summed E-state index contributed by atoms with van der Waals surface area (Å²) in [5.41, 5.74) is -0.227. The number of aromatic hydroxyl groups is 1. The Labute approximate surface area is 171 Å². The van der Waals surface area contributed by atoms with Gasteiger partial charge in [-0.25, -0.2) is 0 Å². The summed E-state index contributed by atoms with van der Waals surface area (Å²) in [6, 6.07) is 12.3. The van der Waals surface area contributed by atoms with Crippen molar-refractivity contribution in [3.63, 3.8) is 0 Å². The Balaban J connectivity index is 2.12. The van der Waals surface area contributed by atoms with E-state index in [0.29, 0.717) is 17.1 Å². The summed E-state index contributed by atoms with van der Waals surface area (Å²) in [4.78, 5) is 10.7. The first-order valence-electron chi connectivity index (χ1n) is 10.0. The molecule has 1 N–H and O–H groups in total. The lowest BCUT2D eigenvalue weighted by Crippen LogP contribution is -2.36. The van der Waals surface area contributed by atoms with Crippen molar-refractivity contribution >= 4 is 23.7 Å². The topological polar surface area (TPSA) is 89.7 Å². The summed E-state index contributed by atoms with van der Waals surface area (Å²) in [5, 5.41) is 22.2. The average Bonchev–Trinajstić information content (AvgIpc) is 2.68. The molecule has 2 aromatic carbocycles. The molecule has 0 aliphatic heterocycles. The number of non-ortho nitro benzene ring substituents is 1. The van der Waals surface area contributed by atoms with Crippen LogP contribution in [0, 0.1) is 27.9 Å². The molecule has 0 saturated heterocycles. The summed E-state index contributed by atoms with van der Waals surface area (Å²) in [6.07, 6.45) is 2.61. The fraction of sp³-hybridized carbons (Fsp3) is 0.455. The highest BCUT2D eigenvalue weighted by atomic mass is 31.2. The summed E-state index contributed by atoms with van der Waals surface area (Å²) in [7, 11) is -3.75. The lowest BCUT2D eigenvalue weighted by molar-refractivity contribution is -0.384. The summed E-state index contributed by atoms with van der Waals surface area (Å²) in [5.74, 6) is 0.783. The number of rotatable bonds is 6. The second kappa shape index (κ2) is 8.68. The van der Waals surface area contributed by atoms with Crippen LogP contribution in [-0.4, -0.2) is 16.1 Å². The fourth-order valence-electron chi connectivity index (χ4n) is 4.17. The van der Waals surface area contributed by atoms with Crippen LogP contribution in [-0.2, 0) is 9.09 Å². The van der Waals surface area contributed by atoms with Crippen molar-refractivity contribution in [3.8, 4) is 5.75 Å². The standard InChI is InChI=1S/C22H28NO5P/c1-15(2)19-11-9-16(3)13-21(19)28-29(27,18-7-5-4-6-8-18)22-14-17(23(25)26)10-12-20(22)24/h4-8,10,12,14-16,19,21,24H,9,11,13H2,1-3H3/t16-,19+,21-,29-/m1/s1. The zero-order valence-electron chi connectivity index (χ0n) is 17.0. The second-order valence-corrected chi connectivity index (χ2v) is 10.6. The Morgan fingerprint density at radius 2 is 1.86 bits per heavy atom. The van der Waals surface area contributed by atoms with Crippen molar-refractivity contribution in [2.75, 3.05) is 0 Å². The van der Waals surface area contributed by atoms with E-state index in [1.54, 1.807) is 30.3 Å². The van der Waals surface area contributed by atoms with E-state index in [9.17, 15) is 19.8 Å². The number of nitro groups is 1. The SMILES string of the molecule is CC(C)[C@@H]1CC[C@@H](C)C[C@H]1O[P@](=O)(c1ccccc1)c1cc([N+](=O)[O-])ccc1O. The number of nitrogens with zero attached hydrogens (tertiary/aromatic N) is 1. The molecule has 0 aromatic heterocycles. The molecule has 29 heavy (non-hydrogen) atoms. The number of phenols is 1. The summed E-state index contributed by atoms with van der Waals surface area (Å²) >= 11 is 0. The highest BCUT2D eigenvalue weighted by molar-refractivity contribution is 7.74. The number of benzene rings is 2. The highest BCUT2D eigenvalue weighted by Crippen LogP contribution is 2.52. The molecule has 1 aliphatic rings. The third-order valence-electron chi connectivity index (χ3n) is 5.83. The molecule has 0 radical (unpaired) electrons. The quantitative estimate of drug-likeness (QED) is 0.406. The first-order valence-corrected chi connectivity index (χ1v) is 11.7. The van der Waals surface area contributed by atoms with Crippen LogP contribution in [0.15, 0.2) is 48.5 Å². The van der Waals surface area contributed by atoms with Crippen molar-refractivity contribution < 1.29 is 19.1 Å². The first kappa shape index (κ1) is 21.5. The fourth-order valence-corrected chi connectivity index (χ4v) is 6.55. The van der Waals surface area contributed by atoms with E-state index in [1.165, 1.54) is 18.2 Å². The van der Waals surface area contributed by atoms with Gasteiger partial charge in [0, 0.05) is 17.4 Å². The Morgan fingerprint density at radius 1 is 1.17 bits per heavy atom. The van der Waals surface area contributed by atoms with Crippen molar-refractivity contribution in [1.82, 2.24) is 0 Å². The van der Waals surface area contributed by atoms with Gasteiger partial charge in [-0.15, -0.1) is 0 Å². The summed E-state index contributed by atoms with van der Waals surface area (Å²) < 4.78 is 20.7. The number of nitro benzene ring substituents is 1. The van der Waals surface area contributed by atoms with Crippen LogP contribution in [0.4, 0.5) is 5.69 Å². The Kier molecular flexibility index (Phi) is 6.45. The van der Waals surface area contributed by atoms with E-state index >= 15 is 0 Å². The van der Waals surface area contributed by atoms with Crippen LogP contribution in [0.1, 0.15) is 40.0 Å². The number of hydrogen-bond donors (Lipinski definition) is 1. The maximum absolute atomic E-state index is 14.4. The molecular formula is C22H28NO5P. The summed E-state index contributed by atoms with van der Waals surface area (Å²) in [6.45, 7) is 6.43. The zero-order chi connectivity index (χ0) is 21.2. The Morgan fingerprint density at radius 3 is 2.48 bits per heavy atom. The van der Waals surface area contributed by atoms with E-state index in [-0.39, 0.29) is 28.8 Å². The molecule has 3 rings (SSSR count). The van der Waals surface area contributed by atoms with Gasteiger partial charge < -0.3 is 9.63 Å². The van der Waals surface area contributed by atoms with Gasteiger partial charge in [0.1, 0.15) is 5.75 Å². The molecule has 1 aliphatic carbocycles. The molecule has 0 heterocycles. The molecule has 1 fully saturated rings. The molecule has 156 valence electrons. The smallest absolute Gasteiger partial charge is 0.270 e. The molecule has 0 amide bonds. The minimum atomic E-state index is -3.75. The van der Waals surface area contributed by atoms with Gasteiger partial charge in [-0.1, -0.05) is 45.4 Å². The molecule has 0 spiro atoms. The van der Waals surface area contributed by atoms with Gasteiger partial charge in [-0.3, -0.25) is 14.7 Å². The van der Waals surface area contributed by atoms with Gasteiger partial charge in [0.25, 0.3) is 13.1 Å². The van der Waals surface area contributed by atoms with Crippen molar-refractivity contribution in [2.45, 2.75) is 46.1 Å². The van der Waals surface area contributed by atoms with Gasteiger partial charge in [0.05, 0.1) is 16.3 Å². The first-order chi connectivity index (χ1) is 13.7. The average molecular weight is 417 g/mol. The van der Waals surface area contributed by atoms with E-state index in [4.69, 9.17) is 4.52 Å². The van der Waals surface area contributed by atoms with E-state index in [2.05, 4.69) is 20.8 Å². The van der Waals surface area contributed by atoms with Crippen LogP contribution in [0.3, 0.4) is 0 Å². The molecule has 6 nitrogen and oxygen atoms in total. The minimum absolute atomic E-state index is 0.0152. The van der Waals surface area contributed by atoms with Crippen LogP contribution >= 0.6 is 7.37 Å². The molecule has 2 aromatic rings. The maximum atomic E-state index is 14.4. The third kappa shape index (κ3) is 4.54. The van der Waals surface area contributed by atoms with Crippen LogP contribution in [0.2, 0.25) is 0 Å². The Hall–Kier alpha value is -2.17. The van der Waals surface area contributed by atoms with Crippen LogP contribution in [0.25, 0.3) is 0 Å². The van der Waals surface area contributed by atoms with Gasteiger partial charge in [0.2, 0.25) is 0 Å². The predicted octanol–water partition coefficient (Wildman–Crippen LogP) is 5.01. The molecular weight excluding hydrogens is 389 g/mol. The lowest BCUT2D eigenvalue weighted by atomic mass is 9.75. The van der Waals surface area contributed by atoms with Gasteiger partial charge in [-0.05, 0) is 48.8 Å².